The quantitative estimate of drug-likeness (QED) is 0.538. The van der Waals surface area contributed by atoms with Gasteiger partial charge in [-0.15, -0.1) is 23.5 Å². The molecule has 0 fully saturated rings. The van der Waals surface area contributed by atoms with Gasteiger partial charge in [0.25, 0.3) is 0 Å². The smallest absolute Gasteiger partial charge is 0.0176 e. The monoisotopic (exact) mass is 324 g/mol. The average Bonchev–Trinajstić information content (AvgIpc) is 2.38. The lowest BCUT2D eigenvalue weighted by Gasteiger charge is -2.02. The number of benzene rings is 2. The second-order valence-corrected chi connectivity index (χ2v) is 6.72. The van der Waals surface area contributed by atoms with Crippen molar-refractivity contribution >= 4 is 39.5 Å². The molecule has 17 heavy (non-hydrogen) atoms. The molecule has 0 saturated heterocycles. The zero-order chi connectivity index (χ0) is 11.9. The van der Waals surface area contributed by atoms with Crippen molar-refractivity contribution in [2.24, 2.45) is 0 Å². The number of thioether (sulfide) groups is 2. The summed E-state index contributed by atoms with van der Waals surface area (Å²) in [5, 5.41) is 0. The van der Waals surface area contributed by atoms with Crippen LogP contribution in [0.5, 0.6) is 0 Å². The van der Waals surface area contributed by atoms with Crippen LogP contribution in [0.1, 0.15) is 0 Å². The highest BCUT2D eigenvalue weighted by Gasteiger charge is 1.96. The Hall–Kier alpha value is -0.380. The van der Waals surface area contributed by atoms with Crippen molar-refractivity contribution in [1.82, 2.24) is 0 Å². The van der Waals surface area contributed by atoms with Crippen molar-refractivity contribution in [3.05, 3.63) is 59.1 Å². The van der Waals surface area contributed by atoms with Gasteiger partial charge in [-0.05, 0) is 36.4 Å². The largest absolute Gasteiger partial charge is 0.125 e. The average molecular weight is 325 g/mol. The standard InChI is InChI=1S/C14H13BrS2/c15-12-6-8-14(9-7-12)17-11-10-16-13-4-2-1-3-5-13/h1-9H,10-11H2. The van der Waals surface area contributed by atoms with E-state index >= 15 is 0 Å². The second-order valence-electron chi connectivity index (χ2n) is 3.46. The van der Waals surface area contributed by atoms with E-state index in [2.05, 4.69) is 70.5 Å². The lowest BCUT2D eigenvalue weighted by atomic mass is 10.4. The Morgan fingerprint density at radius 2 is 1.24 bits per heavy atom. The fourth-order valence-electron chi connectivity index (χ4n) is 1.37. The van der Waals surface area contributed by atoms with Crippen LogP contribution in [0.3, 0.4) is 0 Å². The van der Waals surface area contributed by atoms with E-state index in [1.54, 1.807) is 0 Å². The van der Waals surface area contributed by atoms with Crippen LogP contribution in [0.4, 0.5) is 0 Å². The Morgan fingerprint density at radius 1 is 0.706 bits per heavy atom. The minimum absolute atomic E-state index is 1.14. The van der Waals surface area contributed by atoms with E-state index < -0.39 is 0 Å². The molecule has 0 aliphatic carbocycles. The topological polar surface area (TPSA) is 0 Å². The molecule has 2 aromatic rings. The van der Waals surface area contributed by atoms with Crippen LogP contribution in [-0.2, 0) is 0 Å². The molecule has 0 nitrogen and oxygen atoms in total. The Kier molecular flexibility index (Phi) is 5.49. The predicted molar refractivity (Wildman–Crippen MR) is 82.0 cm³/mol. The van der Waals surface area contributed by atoms with Crippen molar-refractivity contribution in [1.29, 1.82) is 0 Å². The molecule has 0 saturated carbocycles. The van der Waals surface area contributed by atoms with Crippen molar-refractivity contribution in [2.75, 3.05) is 11.5 Å². The lowest BCUT2D eigenvalue weighted by Crippen LogP contribution is -1.83. The molecule has 0 aliphatic heterocycles. The van der Waals surface area contributed by atoms with Gasteiger partial charge in [0.1, 0.15) is 0 Å². The zero-order valence-electron chi connectivity index (χ0n) is 9.30. The molecule has 0 aromatic heterocycles. The maximum absolute atomic E-state index is 3.44. The summed E-state index contributed by atoms with van der Waals surface area (Å²) in [6.07, 6.45) is 0. The predicted octanol–water partition coefficient (Wildman–Crippen LogP) is 5.33. The van der Waals surface area contributed by atoms with Gasteiger partial charge < -0.3 is 0 Å². The first-order valence-corrected chi connectivity index (χ1v) is 8.17. The molecular formula is C14H13BrS2. The van der Waals surface area contributed by atoms with Gasteiger partial charge in [0, 0.05) is 25.8 Å². The van der Waals surface area contributed by atoms with Crippen LogP contribution in [-0.4, -0.2) is 11.5 Å². The van der Waals surface area contributed by atoms with Gasteiger partial charge in [-0.2, -0.15) is 0 Å². The van der Waals surface area contributed by atoms with Crippen molar-refractivity contribution in [2.45, 2.75) is 9.79 Å². The van der Waals surface area contributed by atoms with Crippen LogP contribution in [0.25, 0.3) is 0 Å². The van der Waals surface area contributed by atoms with Crippen molar-refractivity contribution < 1.29 is 0 Å². The van der Waals surface area contributed by atoms with Crippen LogP contribution < -0.4 is 0 Å². The molecule has 0 heterocycles. The minimum atomic E-state index is 1.14. The zero-order valence-corrected chi connectivity index (χ0v) is 12.5. The first-order chi connectivity index (χ1) is 8.34. The Morgan fingerprint density at radius 3 is 1.82 bits per heavy atom. The summed E-state index contributed by atoms with van der Waals surface area (Å²) in [7, 11) is 0. The second kappa shape index (κ2) is 7.14. The molecule has 0 aliphatic rings. The van der Waals surface area contributed by atoms with Gasteiger partial charge in [0.15, 0.2) is 0 Å². The molecule has 2 rings (SSSR count). The Labute approximate surface area is 119 Å². The highest BCUT2D eigenvalue weighted by atomic mass is 79.9. The maximum atomic E-state index is 3.44. The molecule has 0 bridgehead atoms. The van der Waals surface area contributed by atoms with Crippen molar-refractivity contribution in [3.8, 4) is 0 Å². The molecule has 0 atom stereocenters. The lowest BCUT2D eigenvalue weighted by molar-refractivity contribution is 1.41. The third kappa shape index (κ3) is 4.78. The molecule has 0 spiro atoms. The third-order valence-electron chi connectivity index (χ3n) is 2.18. The summed E-state index contributed by atoms with van der Waals surface area (Å²) in [4.78, 5) is 2.69. The van der Waals surface area contributed by atoms with Crippen LogP contribution in [0.15, 0.2) is 68.9 Å². The van der Waals surface area contributed by atoms with E-state index in [1.807, 2.05) is 23.5 Å². The molecule has 88 valence electrons. The SMILES string of the molecule is Brc1ccc(SCCSc2ccccc2)cc1. The highest BCUT2D eigenvalue weighted by Crippen LogP contribution is 2.23. The minimum Gasteiger partial charge on any atom is -0.125 e. The van der Waals surface area contributed by atoms with E-state index in [0.29, 0.717) is 0 Å². The molecule has 0 amide bonds. The summed E-state index contributed by atoms with van der Waals surface area (Å²) in [5.41, 5.74) is 0. The number of halogens is 1. The number of rotatable bonds is 5. The van der Waals surface area contributed by atoms with Gasteiger partial charge in [0.2, 0.25) is 0 Å². The van der Waals surface area contributed by atoms with Gasteiger partial charge in [0.05, 0.1) is 0 Å². The van der Waals surface area contributed by atoms with Gasteiger partial charge in [-0.25, -0.2) is 0 Å². The van der Waals surface area contributed by atoms with E-state index in [-0.39, 0.29) is 0 Å². The molecule has 2 aromatic carbocycles. The highest BCUT2D eigenvalue weighted by molar-refractivity contribution is 9.10. The maximum Gasteiger partial charge on any atom is 0.0176 e. The summed E-state index contributed by atoms with van der Waals surface area (Å²) < 4.78 is 1.14. The molecule has 0 unspecified atom stereocenters. The van der Waals surface area contributed by atoms with E-state index in [1.165, 1.54) is 9.79 Å². The molecule has 0 radical (unpaired) electrons. The summed E-state index contributed by atoms with van der Waals surface area (Å²) in [5.74, 6) is 2.28. The first kappa shape index (κ1) is 13.1. The normalized spacial score (nSPS) is 10.4. The van der Waals surface area contributed by atoms with Crippen LogP contribution in [0.2, 0.25) is 0 Å². The van der Waals surface area contributed by atoms with Gasteiger partial charge in [-0.1, -0.05) is 34.1 Å². The third-order valence-corrected chi connectivity index (χ3v) is 4.99. The molecular weight excluding hydrogens is 312 g/mol. The fraction of sp³-hybridized carbons (Fsp3) is 0.143. The van der Waals surface area contributed by atoms with Gasteiger partial charge in [-0.3, -0.25) is 0 Å². The summed E-state index contributed by atoms with van der Waals surface area (Å²) in [6.45, 7) is 0. The number of hydrogen-bond acceptors (Lipinski definition) is 2. The van der Waals surface area contributed by atoms with Crippen LogP contribution in [0, 0.1) is 0 Å². The van der Waals surface area contributed by atoms with E-state index in [0.717, 1.165) is 16.0 Å². The van der Waals surface area contributed by atoms with E-state index in [9.17, 15) is 0 Å². The Bertz CT molecular complexity index is 440. The number of hydrogen-bond donors (Lipinski definition) is 0. The molecule has 3 heteroatoms. The fourth-order valence-corrected chi connectivity index (χ4v) is 3.45. The Balaban J connectivity index is 1.71. The molecule has 0 N–H and O–H groups in total. The van der Waals surface area contributed by atoms with Gasteiger partial charge >= 0.3 is 0 Å². The van der Waals surface area contributed by atoms with E-state index in [4.69, 9.17) is 0 Å². The first-order valence-electron chi connectivity index (χ1n) is 5.41. The summed E-state index contributed by atoms with van der Waals surface area (Å²) >= 11 is 7.26. The van der Waals surface area contributed by atoms with Crippen LogP contribution >= 0.6 is 39.5 Å². The summed E-state index contributed by atoms with van der Waals surface area (Å²) in [6, 6.07) is 19.0. The van der Waals surface area contributed by atoms with Crippen molar-refractivity contribution in [3.63, 3.8) is 0 Å².